The fourth-order valence-corrected chi connectivity index (χ4v) is 6.33. The second-order valence-electron chi connectivity index (χ2n) is 13.0. The van der Waals surface area contributed by atoms with Crippen LogP contribution in [-0.2, 0) is 19.5 Å². The van der Waals surface area contributed by atoms with E-state index in [-0.39, 0.29) is 0 Å². The second kappa shape index (κ2) is 29.7. The molecule has 0 radical (unpaired) electrons. The first kappa shape index (κ1) is 37.2. The summed E-state index contributed by atoms with van der Waals surface area (Å²) in [6.07, 6.45) is 47.4. The lowest BCUT2D eigenvalue weighted by molar-refractivity contribution is -0.704. The summed E-state index contributed by atoms with van der Waals surface area (Å²) in [7, 11) is 0. The maximum absolute atomic E-state index is 2.63. The lowest BCUT2D eigenvalue weighted by atomic mass is 10.0. The number of hydrogen-bond donors (Lipinski definition) is 0. The highest BCUT2D eigenvalue weighted by Crippen LogP contribution is 2.15. The molecule has 0 aliphatic heterocycles. The summed E-state index contributed by atoms with van der Waals surface area (Å²) in [6.45, 7) is 9.40. The van der Waals surface area contributed by atoms with E-state index in [9.17, 15) is 0 Å². The predicted molar refractivity (Wildman–Crippen MR) is 179 cm³/mol. The van der Waals surface area contributed by atoms with Crippen molar-refractivity contribution in [3.8, 4) is 0 Å². The molecule has 0 aliphatic carbocycles. The normalized spacial score (nSPS) is 11.6. The van der Waals surface area contributed by atoms with E-state index in [2.05, 4.69) is 42.3 Å². The van der Waals surface area contributed by atoms with E-state index < -0.39 is 0 Å². The van der Waals surface area contributed by atoms with Crippen LogP contribution in [0.2, 0.25) is 0 Å². The van der Waals surface area contributed by atoms with Crippen molar-refractivity contribution in [3.63, 3.8) is 0 Å². The fourth-order valence-electron chi connectivity index (χ4n) is 6.33. The van der Waals surface area contributed by atoms with Gasteiger partial charge in [-0.1, -0.05) is 175 Å². The molecule has 2 heteroatoms. The van der Waals surface area contributed by atoms with Crippen molar-refractivity contribution < 1.29 is 4.57 Å². The van der Waals surface area contributed by atoms with Gasteiger partial charge in [0.15, 0.2) is 0 Å². The van der Waals surface area contributed by atoms with Crippen LogP contribution < -0.4 is 4.57 Å². The summed E-state index contributed by atoms with van der Waals surface area (Å²) in [5, 5.41) is 0. The molecule has 1 aromatic heterocycles. The quantitative estimate of drug-likeness (QED) is 0.0613. The highest BCUT2D eigenvalue weighted by molar-refractivity contribution is 4.84. The number of rotatable bonds is 32. The minimum absolute atomic E-state index is 1.23. The van der Waals surface area contributed by atoms with Crippen LogP contribution in [0.1, 0.15) is 213 Å². The topological polar surface area (TPSA) is 8.81 Å². The summed E-state index contributed by atoms with van der Waals surface area (Å²) < 4.78 is 5.24. The predicted octanol–water partition coefficient (Wildman–Crippen LogP) is 12.7. The molecule has 1 aromatic rings. The Morgan fingerprint density at radius 3 is 1.20 bits per heavy atom. The number of unbranched alkanes of at least 4 members (excludes halogenated alkanes) is 26. The number of hydrogen-bond acceptors (Lipinski definition) is 0. The van der Waals surface area contributed by atoms with Gasteiger partial charge in [-0.25, -0.2) is 9.13 Å². The number of nitrogens with zero attached hydrogens (tertiary/aromatic N) is 2. The van der Waals surface area contributed by atoms with Gasteiger partial charge in [-0.05, 0) is 32.1 Å². The third-order valence-corrected chi connectivity index (χ3v) is 9.10. The van der Waals surface area contributed by atoms with Crippen molar-refractivity contribution >= 4 is 0 Å². The van der Waals surface area contributed by atoms with Gasteiger partial charge in [0.2, 0.25) is 0 Å². The standard InChI is InChI=1S/C38H75N2/c1-4-7-10-13-16-17-18-19-20-21-22-23-26-29-32-35-40-37-36-39(34-31-28-25-15-12-9-6-3)38(40)33-30-27-24-14-11-8-5-2/h36-37H,4-35H2,1-3H3/q+1. The molecular weight excluding hydrogens is 484 g/mol. The molecule has 0 unspecified atom stereocenters. The molecule has 0 amide bonds. The zero-order valence-corrected chi connectivity index (χ0v) is 28.2. The monoisotopic (exact) mass is 560 g/mol. The van der Waals surface area contributed by atoms with Crippen LogP contribution in [-0.4, -0.2) is 4.57 Å². The average Bonchev–Trinajstić information content (AvgIpc) is 3.35. The lowest BCUT2D eigenvalue weighted by Crippen LogP contribution is -2.37. The largest absolute Gasteiger partial charge is 0.256 e. The van der Waals surface area contributed by atoms with Crippen LogP contribution in [0.3, 0.4) is 0 Å². The molecule has 1 rings (SSSR count). The van der Waals surface area contributed by atoms with Crippen molar-refractivity contribution in [2.75, 3.05) is 0 Å². The summed E-state index contributed by atoms with van der Waals surface area (Å²) in [5.74, 6) is 1.62. The van der Waals surface area contributed by atoms with E-state index in [0.29, 0.717) is 0 Å². The average molecular weight is 560 g/mol. The molecule has 0 saturated carbocycles. The molecule has 0 aromatic carbocycles. The first-order valence-electron chi connectivity index (χ1n) is 18.9. The van der Waals surface area contributed by atoms with E-state index in [0.717, 1.165) is 0 Å². The smallest absolute Gasteiger partial charge is 0.234 e. The van der Waals surface area contributed by atoms with E-state index in [1.54, 1.807) is 5.82 Å². The molecule has 0 spiro atoms. The van der Waals surface area contributed by atoms with Crippen LogP contribution in [0.4, 0.5) is 0 Å². The van der Waals surface area contributed by atoms with Crippen molar-refractivity contribution in [3.05, 3.63) is 18.2 Å². The summed E-state index contributed by atoms with van der Waals surface area (Å²) in [4.78, 5) is 0. The fraction of sp³-hybridized carbons (Fsp3) is 0.921. The van der Waals surface area contributed by atoms with Gasteiger partial charge < -0.3 is 0 Å². The minimum atomic E-state index is 1.23. The molecule has 2 nitrogen and oxygen atoms in total. The van der Waals surface area contributed by atoms with E-state index in [4.69, 9.17) is 0 Å². The van der Waals surface area contributed by atoms with Gasteiger partial charge in [0.1, 0.15) is 12.4 Å². The number of aryl methyl sites for hydroxylation is 2. The Labute approximate surface area is 253 Å². The summed E-state index contributed by atoms with van der Waals surface area (Å²) in [5.41, 5.74) is 0. The Balaban J connectivity index is 2.22. The van der Waals surface area contributed by atoms with Crippen LogP contribution in [0.5, 0.6) is 0 Å². The molecule has 40 heavy (non-hydrogen) atoms. The lowest BCUT2D eigenvalue weighted by Gasteiger charge is -2.07. The molecule has 0 saturated heterocycles. The summed E-state index contributed by atoms with van der Waals surface area (Å²) in [6, 6.07) is 0. The first-order valence-corrected chi connectivity index (χ1v) is 18.9. The molecule has 0 atom stereocenters. The third-order valence-electron chi connectivity index (χ3n) is 9.10. The Bertz CT molecular complexity index is 619. The van der Waals surface area contributed by atoms with Crippen LogP contribution in [0, 0.1) is 0 Å². The molecule has 236 valence electrons. The van der Waals surface area contributed by atoms with Gasteiger partial charge in [0.25, 0.3) is 5.82 Å². The second-order valence-corrected chi connectivity index (χ2v) is 13.0. The van der Waals surface area contributed by atoms with Gasteiger partial charge in [0.05, 0.1) is 13.1 Å². The Morgan fingerprint density at radius 1 is 0.425 bits per heavy atom. The maximum atomic E-state index is 2.63. The zero-order chi connectivity index (χ0) is 28.8. The Morgan fingerprint density at radius 2 is 0.775 bits per heavy atom. The van der Waals surface area contributed by atoms with Gasteiger partial charge in [-0.3, -0.25) is 0 Å². The molecule has 0 bridgehead atoms. The minimum Gasteiger partial charge on any atom is -0.234 e. The van der Waals surface area contributed by atoms with Crippen LogP contribution in [0.15, 0.2) is 12.4 Å². The van der Waals surface area contributed by atoms with Crippen molar-refractivity contribution in [2.24, 2.45) is 0 Å². The van der Waals surface area contributed by atoms with E-state index in [1.807, 2.05) is 0 Å². The third kappa shape index (κ3) is 21.9. The molecular formula is C38H75N2+. The van der Waals surface area contributed by atoms with Gasteiger partial charge in [-0.2, -0.15) is 0 Å². The van der Waals surface area contributed by atoms with E-state index >= 15 is 0 Å². The summed E-state index contributed by atoms with van der Waals surface area (Å²) >= 11 is 0. The van der Waals surface area contributed by atoms with Crippen LogP contribution in [0.25, 0.3) is 0 Å². The van der Waals surface area contributed by atoms with Crippen molar-refractivity contribution in [1.82, 2.24) is 4.57 Å². The van der Waals surface area contributed by atoms with Gasteiger partial charge in [-0.15, -0.1) is 0 Å². The van der Waals surface area contributed by atoms with Gasteiger partial charge in [0, 0.05) is 6.42 Å². The van der Waals surface area contributed by atoms with Crippen LogP contribution >= 0.6 is 0 Å². The highest BCUT2D eigenvalue weighted by Gasteiger charge is 2.16. The van der Waals surface area contributed by atoms with Crippen molar-refractivity contribution in [1.29, 1.82) is 0 Å². The van der Waals surface area contributed by atoms with Gasteiger partial charge >= 0.3 is 0 Å². The molecule has 1 heterocycles. The molecule has 0 fully saturated rings. The number of imidazole rings is 1. The molecule has 0 N–H and O–H groups in total. The van der Waals surface area contributed by atoms with Crippen molar-refractivity contribution in [2.45, 2.75) is 226 Å². The highest BCUT2D eigenvalue weighted by atomic mass is 15.1. The maximum Gasteiger partial charge on any atom is 0.256 e. The number of aromatic nitrogens is 2. The Hall–Kier alpha value is -0.790. The van der Waals surface area contributed by atoms with E-state index in [1.165, 1.54) is 206 Å². The first-order chi connectivity index (χ1) is 19.8. The SMILES string of the molecule is CCCCCCCCCCCCCCCCCn1cc[n+](CCCCCCCCC)c1CCCCCCCCC. The molecule has 0 aliphatic rings. The zero-order valence-electron chi connectivity index (χ0n) is 28.2. The Kier molecular flexibility index (Phi) is 27.6.